The standard InChI is InChI=1S/C24H24ClNO3/c1-16-10-17(6-7-23(16)28-2)14-26-8-9-29-24-20(15-26)11-19(13-22(24)27)18-4-3-5-21(25)12-18/h3-7,10-13,27H,8-9,14-15H2,1-2H3. The highest BCUT2D eigenvalue weighted by molar-refractivity contribution is 6.30. The third-order valence-corrected chi connectivity index (χ3v) is 5.45. The Balaban J connectivity index is 1.61. The minimum Gasteiger partial charge on any atom is -0.504 e. The van der Waals surface area contributed by atoms with Gasteiger partial charge in [0.1, 0.15) is 12.4 Å². The number of nitrogens with zero attached hydrogens (tertiary/aromatic N) is 1. The lowest BCUT2D eigenvalue weighted by molar-refractivity contribution is 0.217. The summed E-state index contributed by atoms with van der Waals surface area (Å²) >= 11 is 6.15. The number of fused-ring (bicyclic) bond motifs is 1. The number of methoxy groups -OCH3 is 1. The summed E-state index contributed by atoms with van der Waals surface area (Å²) in [5, 5.41) is 11.2. The van der Waals surface area contributed by atoms with Crippen molar-refractivity contribution < 1.29 is 14.6 Å². The summed E-state index contributed by atoms with van der Waals surface area (Å²) in [4.78, 5) is 2.33. The van der Waals surface area contributed by atoms with Gasteiger partial charge in [0.25, 0.3) is 0 Å². The minimum atomic E-state index is 0.166. The maximum Gasteiger partial charge on any atom is 0.165 e. The zero-order valence-corrected chi connectivity index (χ0v) is 17.4. The van der Waals surface area contributed by atoms with Gasteiger partial charge in [-0.2, -0.15) is 0 Å². The maximum absolute atomic E-state index is 10.6. The third kappa shape index (κ3) is 4.34. The lowest BCUT2D eigenvalue weighted by Gasteiger charge is -2.20. The largest absolute Gasteiger partial charge is 0.504 e. The SMILES string of the molecule is COc1ccc(CN2CCOc3c(O)cc(-c4cccc(Cl)c4)cc3C2)cc1C. The van der Waals surface area contributed by atoms with Crippen LogP contribution in [0.1, 0.15) is 16.7 Å². The van der Waals surface area contributed by atoms with Crippen molar-refractivity contribution in [3.63, 3.8) is 0 Å². The van der Waals surface area contributed by atoms with Crippen LogP contribution in [0, 0.1) is 6.92 Å². The van der Waals surface area contributed by atoms with Gasteiger partial charge < -0.3 is 14.6 Å². The minimum absolute atomic E-state index is 0.166. The van der Waals surface area contributed by atoms with Gasteiger partial charge in [0.15, 0.2) is 11.5 Å². The summed E-state index contributed by atoms with van der Waals surface area (Å²) in [5.41, 5.74) is 5.22. The molecule has 3 aromatic carbocycles. The Morgan fingerprint density at radius 3 is 2.72 bits per heavy atom. The molecule has 4 nitrogen and oxygen atoms in total. The monoisotopic (exact) mass is 409 g/mol. The van der Waals surface area contributed by atoms with Crippen LogP contribution in [0.4, 0.5) is 0 Å². The van der Waals surface area contributed by atoms with Crippen LogP contribution in [0.25, 0.3) is 11.1 Å². The molecule has 1 N–H and O–H groups in total. The average Bonchev–Trinajstić information content (AvgIpc) is 2.90. The first kappa shape index (κ1) is 19.6. The quantitative estimate of drug-likeness (QED) is 0.624. The summed E-state index contributed by atoms with van der Waals surface area (Å²) < 4.78 is 11.2. The molecule has 1 aliphatic heterocycles. The molecule has 1 aliphatic rings. The normalized spacial score (nSPS) is 14.0. The van der Waals surface area contributed by atoms with Crippen molar-refractivity contribution in [3.8, 4) is 28.4 Å². The Kier molecular flexibility index (Phi) is 5.65. The topological polar surface area (TPSA) is 41.9 Å². The highest BCUT2D eigenvalue weighted by Gasteiger charge is 2.20. The van der Waals surface area contributed by atoms with Crippen LogP contribution in [0.15, 0.2) is 54.6 Å². The number of hydrogen-bond acceptors (Lipinski definition) is 4. The van der Waals surface area contributed by atoms with E-state index in [-0.39, 0.29) is 5.75 Å². The van der Waals surface area contributed by atoms with Crippen LogP contribution in [0.3, 0.4) is 0 Å². The van der Waals surface area contributed by atoms with Crippen molar-refractivity contribution in [2.45, 2.75) is 20.0 Å². The summed E-state index contributed by atoms with van der Waals surface area (Å²) in [7, 11) is 1.69. The third-order valence-electron chi connectivity index (χ3n) is 5.22. The number of aromatic hydroxyl groups is 1. The molecule has 150 valence electrons. The van der Waals surface area contributed by atoms with Crippen molar-refractivity contribution in [1.82, 2.24) is 4.90 Å². The zero-order valence-electron chi connectivity index (χ0n) is 16.6. The summed E-state index contributed by atoms with van der Waals surface area (Å²) in [6, 6.07) is 17.7. The van der Waals surface area contributed by atoms with Crippen molar-refractivity contribution in [2.24, 2.45) is 0 Å². The van der Waals surface area contributed by atoms with Gasteiger partial charge in [-0.05, 0) is 59.5 Å². The fourth-order valence-electron chi connectivity index (χ4n) is 3.82. The van der Waals surface area contributed by atoms with Crippen LogP contribution in [0.5, 0.6) is 17.2 Å². The van der Waals surface area contributed by atoms with E-state index in [1.54, 1.807) is 13.2 Å². The Hall–Kier alpha value is -2.69. The van der Waals surface area contributed by atoms with Gasteiger partial charge in [0.2, 0.25) is 0 Å². The van der Waals surface area contributed by atoms with Gasteiger partial charge >= 0.3 is 0 Å². The Bertz CT molecular complexity index is 1030. The highest BCUT2D eigenvalue weighted by Crippen LogP contribution is 2.38. The number of ether oxygens (including phenoxy) is 2. The predicted molar refractivity (Wildman–Crippen MR) is 116 cm³/mol. The molecule has 1 heterocycles. The van der Waals surface area contributed by atoms with Gasteiger partial charge in [-0.1, -0.05) is 35.9 Å². The molecule has 0 aliphatic carbocycles. The van der Waals surface area contributed by atoms with E-state index >= 15 is 0 Å². The van der Waals surface area contributed by atoms with E-state index in [4.69, 9.17) is 21.1 Å². The second-order valence-electron chi connectivity index (χ2n) is 7.36. The first-order chi connectivity index (χ1) is 14.0. The molecule has 0 saturated heterocycles. The lowest BCUT2D eigenvalue weighted by Crippen LogP contribution is -2.25. The smallest absolute Gasteiger partial charge is 0.165 e. The molecule has 0 atom stereocenters. The van der Waals surface area contributed by atoms with Crippen molar-refractivity contribution in [1.29, 1.82) is 0 Å². The van der Waals surface area contributed by atoms with E-state index in [1.807, 2.05) is 30.3 Å². The van der Waals surface area contributed by atoms with E-state index in [0.717, 1.165) is 41.1 Å². The number of benzene rings is 3. The molecule has 0 unspecified atom stereocenters. The van der Waals surface area contributed by atoms with Crippen LogP contribution in [-0.4, -0.2) is 30.3 Å². The second kappa shape index (κ2) is 8.36. The van der Waals surface area contributed by atoms with Crippen molar-refractivity contribution >= 4 is 11.6 Å². The molecule has 0 bridgehead atoms. The molecular formula is C24H24ClNO3. The first-order valence-corrected chi connectivity index (χ1v) is 10.0. The maximum atomic E-state index is 10.6. The summed E-state index contributed by atoms with van der Waals surface area (Å²) in [5.74, 6) is 1.64. The van der Waals surface area contributed by atoms with Gasteiger partial charge in [0, 0.05) is 30.2 Å². The molecule has 0 fully saturated rings. The zero-order chi connectivity index (χ0) is 20.4. The lowest BCUT2D eigenvalue weighted by atomic mass is 10.0. The van der Waals surface area contributed by atoms with Gasteiger partial charge in [0.05, 0.1) is 7.11 Å². The fourth-order valence-corrected chi connectivity index (χ4v) is 4.01. The molecule has 5 heteroatoms. The summed E-state index contributed by atoms with van der Waals surface area (Å²) in [6.07, 6.45) is 0. The molecule has 0 amide bonds. The van der Waals surface area contributed by atoms with E-state index in [0.29, 0.717) is 23.9 Å². The highest BCUT2D eigenvalue weighted by atomic mass is 35.5. The van der Waals surface area contributed by atoms with Crippen LogP contribution < -0.4 is 9.47 Å². The molecule has 0 saturated carbocycles. The molecule has 29 heavy (non-hydrogen) atoms. The molecule has 0 spiro atoms. The van der Waals surface area contributed by atoms with Crippen LogP contribution >= 0.6 is 11.6 Å². The van der Waals surface area contributed by atoms with Crippen LogP contribution in [-0.2, 0) is 13.1 Å². The average molecular weight is 410 g/mol. The number of phenolic OH excluding ortho intramolecular Hbond substituents is 1. The molecule has 4 rings (SSSR count). The number of halogens is 1. The summed E-state index contributed by atoms with van der Waals surface area (Å²) in [6.45, 7) is 4.87. The van der Waals surface area contributed by atoms with Gasteiger partial charge in [-0.15, -0.1) is 0 Å². The Morgan fingerprint density at radius 1 is 1.10 bits per heavy atom. The Labute approximate surface area is 176 Å². The van der Waals surface area contributed by atoms with E-state index in [2.05, 4.69) is 30.0 Å². The first-order valence-electron chi connectivity index (χ1n) is 9.64. The van der Waals surface area contributed by atoms with Gasteiger partial charge in [-0.25, -0.2) is 0 Å². The fraction of sp³-hybridized carbons (Fsp3) is 0.250. The molecule has 0 aromatic heterocycles. The second-order valence-corrected chi connectivity index (χ2v) is 7.79. The van der Waals surface area contributed by atoms with E-state index < -0.39 is 0 Å². The van der Waals surface area contributed by atoms with E-state index in [1.165, 1.54) is 5.56 Å². The predicted octanol–water partition coefficient (Wildman–Crippen LogP) is 5.42. The Morgan fingerprint density at radius 2 is 1.97 bits per heavy atom. The molecule has 0 radical (unpaired) electrons. The van der Waals surface area contributed by atoms with Crippen LogP contribution in [0.2, 0.25) is 5.02 Å². The molecule has 3 aromatic rings. The van der Waals surface area contributed by atoms with Crippen molar-refractivity contribution in [3.05, 3.63) is 76.3 Å². The van der Waals surface area contributed by atoms with E-state index in [9.17, 15) is 5.11 Å². The number of hydrogen-bond donors (Lipinski definition) is 1. The van der Waals surface area contributed by atoms with Gasteiger partial charge in [-0.3, -0.25) is 4.90 Å². The molecular weight excluding hydrogens is 386 g/mol. The number of phenols is 1. The number of aryl methyl sites for hydroxylation is 1. The number of rotatable bonds is 4. The van der Waals surface area contributed by atoms with Crippen molar-refractivity contribution in [2.75, 3.05) is 20.3 Å².